The molecule has 0 heterocycles. The number of hydrogen-bond donors (Lipinski definition) is 2. The number of benzene rings is 3. The predicted molar refractivity (Wildman–Crippen MR) is 240 cm³/mol. The second-order valence-electron chi connectivity index (χ2n) is 20.1. The topological polar surface area (TPSA) is 66.8 Å². The molecule has 2 fully saturated rings. The normalized spacial score (nSPS) is 31.4. The number of phenols is 1. The zero-order chi connectivity index (χ0) is 45.6. The van der Waals surface area contributed by atoms with Gasteiger partial charge in [-0.1, -0.05) is 74.9 Å². The second kappa shape index (κ2) is 18.6. The lowest BCUT2D eigenvalue weighted by atomic mass is 9.52. The van der Waals surface area contributed by atoms with Gasteiger partial charge in [0, 0.05) is 35.0 Å². The van der Waals surface area contributed by atoms with E-state index in [1.54, 1.807) is 12.1 Å². The zero-order valence-corrected chi connectivity index (χ0v) is 38.4. The summed E-state index contributed by atoms with van der Waals surface area (Å²) >= 11 is 2.93. The van der Waals surface area contributed by atoms with Gasteiger partial charge in [0.25, 0.3) is 0 Å². The summed E-state index contributed by atoms with van der Waals surface area (Å²) in [5.74, 6) is 1.88. The second-order valence-corrected chi connectivity index (χ2v) is 20.9. The first-order chi connectivity index (χ1) is 30.4. The number of phenolic OH excluding ortho intramolecular Hbond substituents is 1. The Morgan fingerprint density at radius 1 is 0.719 bits per heavy atom. The fraction of sp³-hybridized carbons (Fsp3) is 0.566. The van der Waals surface area contributed by atoms with Crippen molar-refractivity contribution in [3.05, 3.63) is 118 Å². The molecule has 9 rings (SSSR count). The first-order valence-electron chi connectivity index (χ1n) is 23.4. The number of fused-ring (bicyclic) bond motifs is 10. The third-order valence-corrected chi connectivity index (χ3v) is 16.9. The van der Waals surface area contributed by atoms with Crippen LogP contribution in [0.5, 0.6) is 11.5 Å². The molecule has 0 radical (unpaired) electrons. The number of unbranched alkanes of at least 4 members (excludes halogenated alkanes) is 1. The maximum Gasteiger partial charge on any atom is 0.412 e. The summed E-state index contributed by atoms with van der Waals surface area (Å²) in [7, 11) is 0. The van der Waals surface area contributed by atoms with E-state index in [1.165, 1.54) is 22.8 Å². The zero-order valence-electron chi connectivity index (χ0n) is 36.8. The average Bonchev–Trinajstić information content (AvgIpc) is 3.74. The Labute approximate surface area is 382 Å². The molecule has 0 amide bonds. The predicted octanol–water partition coefficient (Wildman–Crippen LogP) is 14.3. The molecule has 10 atom stereocenters. The summed E-state index contributed by atoms with van der Waals surface area (Å²) in [4.78, 5) is 11.3. The number of carbonyl (C=O) groups excluding carboxylic acids is 1. The van der Waals surface area contributed by atoms with Crippen molar-refractivity contribution in [2.24, 2.45) is 46.3 Å². The van der Waals surface area contributed by atoms with Crippen molar-refractivity contribution in [2.75, 3.05) is 6.61 Å². The summed E-state index contributed by atoms with van der Waals surface area (Å²) in [6.45, 7) is 4.30. The summed E-state index contributed by atoms with van der Waals surface area (Å²) in [5, 5.41) is 19.0. The molecule has 0 saturated heterocycles. The Kier molecular flexibility index (Phi) is 13.6. The van der Waals surface area contributed by atoms with Gasteiger partial charge in [-0.3, -0.25) is 4.79 Å². The van der Waals surface area contributed by atoms with Crippen LogP contribution in [-0.2, 0) is 24.2 Å². The Bertz CT molecular complexity index is 2220. The van der Waals surface area contributed by atoms with Gasteiger partial charge in [-0.05, 0) is 192 Å². The van der Waals surface area contributed by atoms with Gasteiger partial charge in [-0.15, -0.1) is 0 Å². The molecule has 0 aliphatic heterocycles. The molecule has 2 N–H and O–H groups in total. The first kappa shape index (κ1) is 46.9. The van der Waals surface area contributed by atoms with Gasteiger partial charge in [0.15, 0.2) is 4.69 Å². The van der Waals surface area contributed by atoms with E-state index in [0.29, 0.717) is 51.0 Å². The van der Waals surface area contributed by atoms with Gasteiger partial charge in [0.2, 0.25) is 0 Å². The SMILES string of the molecule is C[C@]12CC[C@@H]3c4ccc(O)cc4CC[C@H]3[C@@H]1[C@H](CCCC(=O)Br)C=C2C(F)(F)F.C[C@]12CC[C@@H]3c4ccc(OCc5ccccc5)cc4CC[C@H]3[C@@H]1[C@H](CCCCO)C=C2C(F)(F)F. The van der Waals surface area contributed by atoms with Crippen LogP contribution in [0.3, 0.4) is 0 Å². The molecule has 64 heavy (non-hydrogen) atoms. The molecule has 3 aromatic carbocycles. The van der Waals surface area contributed by atoms with Gasteiger partial charge in [-0.25, -0.2) is 0 Å². The van der Waals surface area contributed by atoms with Crippen LogP contribution in [-0.4, -0.2) is 33.9 Å². The van der Waals surface area contributed by atoms with Gasteiger partial charge in [0.1, 0.15) is 18.1 Å². The van der Waals surface area contributed by atoms with Gasteiger partial charge >= 0.3 is 12.4 Å². The lowest BCUT2D eigenvalue weighted by molar-refractivity contribution is -0.116. The number of aromatic hydroxyl groups is 1. The minimum absolute atomic E-state index is 0.0127. The molecule has 0 bridgehead atoms. The third kappa shape index (κ3) is 9.24. The van der Waals surface area contributed by atoms with E-state index < -0.39 is 23.2 Å². The average molecular weight is 956 g/mol. The Balaban J connectivity index is 0.000000178. The van der Waals surface area contributed by atoms with E-state index in [0.717, 1.165) is 68.2 Å². The highest BCUT2D eigenvalue weighted by Crippen LogP contribution is 2.67. The number of ether oxygens (including phenoxy) is 1. The van der Waals surface area contributed by atoms with Crippen molar-refractivity contribution in [1.29, 1.82) is 0 Å². The van der Waals surface area contributed by atoms with Crippen molar-refractivity contribution in [3.8, 4) is 11.5 Å². The van der Waals surface area contributed by atoms with Crippen molar-refractivity contribution in [2.45, 2.75) is 135 Å². The number of aliphatic hydroxyl groups excluding tert-OH is 1. The Hall–Kier alpha value is -3.57. The monoisotopic (exact) mass is 954 g/mol. The smallest absolute Gasteiger partial charge is 0.412 e. The van der Waals surface area contributed by atoms with Crippen LogP contribution < -0.4 is 4.74 Å². The highest BCUT2D eigenvalue weighted by molar-refractivity contribution is 9.18. The van der Waals surface area contributed by atoms with E-state index in [-0.39, 0.29) is 69.6 Å². The van der Waals surface area contributed by atoms with Crippen molar-refractivity contribution in [3.63, 3.8) is 0 Å². The number of allylic oxidation sites excluding steroid dienone is 4. The van der Waals surface area contributed by atoms with Crippen molar-refractivity contribution >= 4 is 20.6 Å². The summed E-state index contributed by atoms with van der Waals surface area (Å²) in [5.41, 5.74) is 3.77. The Morgan fingerprint density at radius 3 is 1.78 bits per heavy atom. The fourth-order valence-electron chi connectivity index (χ4n) is 14.0. The fourth-order valence-corrected chi connectivity index (χ4v) is 14.3. The molecule has 2 saturated carbocycles. The van der Waals surface area contributed by atoms with Gasteiger partial charge in [0.05, 0.1) is 0 Å². The molecule has 11 heteroatoms. The van der Waals surface area contributed by atoms with E-state index in [2.05, 4.69) is 28.1 Å². The van der Waals surface area contributed by atoms with Gasteiger partial charge < -0.3 is 14.9 Å². The van der Waals surface area contributed by atoms with E-state index in [9.17, 15) is 41.4 Å². The van der Waals surface area contributed by atoms with E-state index >= 15 is 0 Å². The molecular weight excluding hydrogens is 894 g/mol. The molecule has 0 unspecified atom stereocenters. The molecular formula is C53H61BrF6O4. The Morgan fingerprint density at radius 2 is 1.25 bits per heavy atom. The molecule has 4 nitrogen and oxygen atoms in total. The molecule has 6 aliphatic rings. The number of rotatable bonds is 11. The molecule has 3 aromatic rings. The van der Waals surface area contributed by atoms with Crippen molar-refractivity contribution in [1.82, 2.24) is 0 Å². The maximum atomic E-state index is 14.1. The van der Waals surface area contributed by atoms with Crippen LogP contribution in [0.4, 0.5) is 26.3 Å². The van der Waals surface area contributed by atoms with Crippen LogP contribution in [0.1, 0.15) is 131 Å². The number of aliphatic hydroxyl groups is 1. The van der Waals surface area contributed by atoms with Crippen LogP contribution >= 0.6 is 15.9 Å². The minimum atomic E-state index is -4.31. The highest BCUT2D eigenvalue weighted by atomic mass is 79.9. The van der Waals surface area contributed by atoms with E-state index in [1.807, 2.05) is 62.4 Å². The number of carbonyl (C=O) groups is 1. The summed E-state index contributed by atoms with van der Waals surface area (Å²) in [6.07, 6.45) is 4.31. The molecule has 0 spiro atoms. The number of alkyl halides is 6. The lowest BCUT2D eigenvalue weighted by Gasteiger charge is -2.52. The van der Waals surface area contributed by atoms with Gasteiger partial charge in [-0.2, -0.15) is 26.3 Å². The quantitative estimate of drug-likeness (QED) is 0.0870. The first-order valence-corrected chi connectivity index (χ1v) is 24.2. The number of halogens is 7. The van der Waals surface area contributed by atoms with Crippen molar-refractivity contribution < 1.29 is 46.1 Å². The standard InChI is InChI=1S/C30H35F3O2.C23H26BrF3O2/c1-29-15-14-25-24-13-11-23(35-19-20-7-3-2-4-8-20)17-21(24)10-12-26(25)28(29)22(9-5-6-16-34)18-27(29)30(31,32)33;1-22-10-9-17-16-8-6-15(28)11-13(16)5-7-18(17)21(22)14(3-2-4-20(24)29)12-19(22)23(25,26)27/h2-4,7-8,11,13,17-18,22,25-26,28,34H,5-6,9-10,12,14-16,19H2,1H3;6,8,11-12,14,17-18,21,28H,2-5,7,9-10H2,1H3/t22-,25-,26-,28+,29-;14-,17-,18-,21+,22-/m11/s1. The summed E-state index contributed by atoms with van der Waals surface area (Å²) < 4.78 is 90.2. The maximum absolute atomic E-state index is 14.1. The van der Waals surface area contributed by atoms with Crippen LogP contribution in [0.2, 0.25) is 0 Å². The van der Waals surface area contributed by atoms with E-state index in [4.69, 9.17) is 4.74 Å². The lowest BCUT2D eigenvalue weighted by Crippen LogP contribution is -2.45. The van der Waals surface area contributed by atoms with Crippen LogP contribution in [0.25, 0.3) is 0 Å². The number of hydrogen-bond acceptors (Lipinski definition) is 4. The molecule has 346 valence electrons. The van der Waals surface area contributed by atoms with Crippen LogP contribution in [0, 0.1) is 46.3 Å². The summed E-state index contributed by atoms with van der Waals surface area (Å²) in [6, 6.07) is 21.9. The number of aryl methyl sites for hydroxylation is 2. The highest BCUT2D eigenvalue weighted by Gasteiger charge is 2.62. The van der Waals surface area contributed by atoms with Crippen LogP contribution in [0.15, 0.2) is 90.0 Å². The third-order valence-electron chi connectivity index (χ3n) is 16.5. The molecule has 0 aromatic heterocycles. The largest absolute Gasteiger partial charge is 0.508 e. The minimum Gasteiger partial charge on any atom is -0.508 e. The molecule has 6 aliphatic carbocycles.